The summed E-state index contributed by atoms with van der Waals surface area (Å²) in [6.07, 6.45) is -0.708. The summed E-state index contributed by atoms with van der Waals surface area (Å²) in [7, 11) is 0. The van der Waals surface area contributed by atoms with Gasteiger partial charge in [0.15, 0.2) is 6.10 Å². The third-order valence-electron chi connectivity index (χ3n) is 1.97. The fraction of sp³-hybridized carbons (Fsp3) is 0.300. The second-order valence-corrected chi connectivity index (χ2v) is 3.99. The molecule has 3 nitrogen and oxygen atoms in total. The predicted octanol–water partition coefficient (Wildman–Crippen LogP) is 2.55. The molecule has 0 aliphatic heterocycles. The van der Waals surface area contributed by atoms with E-state index in [2.05, 4.69) is 0 Å². The first kappa shape index (κ1) is 12.1. The number of benzene rings is 1. The Hall–Kier alpha value is -0.930. The van der Waals surface area contributed by atoms with Crippen LogP contribution in [0.5, 0.6) is 5.75 Å². The molecule has 0 fully saturated rings. The molecule has 0 spiro atoms. The van der Waals surface area contributed by atoms with Gasteiger partial charge in [0.2, 0.25) is 0 Å². The molecule has 82 valence electrons. The van der Waals surface area contributed by atoms with Crippen LogP contribution in [0.3, 0.4) is 0 Å². The van der Waals surface area contributed by atoms with Crippen LogP contribution in [0, 0.1) is 6.92 Å². The standard InChI is InChI=1S/C10H11Cl2NO2/c1-5-8(11)3-7(4-9(5)12)15-6(2)10(13)14/h3-4,6H,1-2H3,(H2,13,14). The van der Waals surface area contributed by atoms with Gasteiger partial charge in [0, 0.05) is 10.0 Å². The van der Waals surface area contributed by atoms with Gasteiger partial charge >= 0.3 is 0 Å². The maximum Gasteiger partial charge on any atom is 0.258 e. The summed E-state index contributed by atoms with van der Waals surface area (Å²) in [5.41, 5.74) is 5.84. The normalized spacial score (nSPS) is 12.3. The summed E-state index contributed by atoms with van der Waals surface area (Å²) in [5, 5.41) is 0.989. The monoisotopic (exact) mass is 247 g/mol. The smallest absolute Gasteiger partial charge is 0.258 e. The zero-order valence-corrected chi connectivity index (χ0v) is 9.89. The van der Waals surface area contributed by atoms with E-state index in [1.54, 1.807) is 26.0 Å². The van der Waals surface area contributed by atoms with Crippen molar-refractivity contribution in [2.24, 2.45) is 5.73 Å². The lowest BCUT2D eigenvalue weighted by atomic mass is 10.2. The molecule has 1 unspecified atom stereocenters. The van der Waals surface area contributed by atoms with Gasteiger partial charge in [-0.25, -0.2) is 0 Å². The van der Waals surface area contributed by atoms with Crippen molar-refractivity contribution in [3.8, 4) is 5.75 Å². The summed E-state index contributed by atoms with van der Waals surface area (Å²) < 4.78 is 5.25. The van der Waals surface area contributed by atoms with Crippen molar-refractivity contribution in [2.75, 3.05) is 0 Å². The SMILES string of the molecule is Cc1c(Cl)cc(OC(C)C(N)=O)cc1Cl. The molecule has 0 radical (unpaired) electrons. The van der Waals surface area contributed by atoms with Crippen LogP contribution in [0.2, 0.25) is 10.0 Å². The molecule has 1 atom stereocenters. The van der Waals surface area contributed by atoms with Gasteiger partial charge in [-0.2, -0.15) is 0 Å². The Labute approximate surface area is 98.1 Å². The van der Waals surface area contributed by atoms with E-state index in [1.165, 1.54) is 0 Å². The zero-order chi connectivity index (χ0) is 11.6. The highest BCUT2D eigenvalue weighted by atomic mass is 35.5. The fourth-order valence-corrected chi connectivity index (χ4v) is 1.42. The van der Waals surface area contributed by atoms with E-state index in [0.717, 1.165) is 5.56 Å². The van der Waals surface area contributed by atoms with E-state index in [4.69, 9.17) is 33.7 Å². The number of carbonyl (C=O) groups is 1. The Morgan fingerprint density at radius 1 is 1.40 bits per heavy atom. The number of ether oxygens (including phenoxy) is 1. The van der Waals surface area contributed by atoms with Gasteiger partial charge in [0.05, 0.1) is 0 Å². The van der Waals surface area contributed by atoms with Gasteiger partial charge < -0.3 is 10.5 Å². The van der Waals surface area contributed by atoms with Gasteiger partial charge in [-0.3, -0.25) is 4.79 Å². The second kappa shape index (κ2) is 4.73. The van der Waals surface area contributed by atoms with Gasteiger partial charge in [-0.05, 0) is 31.5 Å². The quantitative estimate of drug-likeness (QED) is 0.893. The minimum Gasteiger partial charge on any atom is -0.481 e. The van der Waals surface area contributed by atoms with E-state index in [-0.39, 0.29) is 0 Å². The van der Waals surface area contributed by atoms with Gasteiger partial charge in [0.1, 0.15) is 5.75 Å². The van der Waals surface area contributed by atoms with Crippen molar-refractivity contribution in [2.45, 2.75) is 20.0 Å². The highest BCUT2D eigenvalue weighted by Gasteiger charge is 2.12. The maximum atomic E-state index is 10.8. The average Bonchev–Trinajstić information content (AvgIpc) is 2.13. The minimum atomic E-state index is -0.708. The molecule has 0 heterocycles. The molecule has 2 N–H and O–H groups in total. The average molecular weight is 248 g/mol. The Bertz CT molecular complexity index is 370. The van der Waals surface area contributed by atoms with Gasteiger partial charge in [-0.1, -0.05) is 23.2 Å². The second-order valence-electron chi connectivity index (χ2n) is 3.17. The number of amides is 1. The molecule has 0 aliphatic rings. The minimum absolute atomic E-state index is 0.432. The van der Waals surface area contributed by atoms with Crippen molar-refractivity contribution < 1.29 is 9.53 Å². The van der Waals surface area contributed by atoms with E-state index in [9.17, 15) is 4.79 Å². The summed E-state index contributed by atoms with van der Waals surface area (Å²) in [5.74, 6) is -0.107. The first-order valence-corrected chi connectivity index (χ1v) is 5.09. The van der Waals surface area contributed by atoms with Crippen LogP contribution in [-0.2, 0) is 4.79 Å². The predicted molar refractivity (Wildman–Crippen MR) is 60.5 cm³/mol. The highest BCUT2D eigenvalue weighted by Crippen LogP contribution is 2.29. The molecule has 0 saturated carbocycles. The maximum absolute atomic E-state index is 10.8. The lowest BCUT2D eigenvalue weighted by Gasteiger charge is -2.12. The summed E-state index contributed by atoms with van der Waals surface area (Å²) in [6.45, 7) is 3.36. The lowest BCUT2D eigenvalue weighted by Crippen LogP contribution is -2.30. The molecule has 0 bridgehead atoms. The van der Waals surface area contributed by atoms with Crippen LogP contribution < -0.4 is 10.5 Å². The van der Waals surface area contributed by atoms with E-state index < -0.39 is 12.0 Å². The van der Waals surface area contributed by atoms with Crippen molar-refractivity contribution in [3.05, 3.63) is 27.7 Å². The van der Waals surface area contributed by atoms with Crippen LogP contribution in [0.25, 0.3) is 0 Å². The fourth-order valence-electron chi connectivity index (χ4n) is 0.952. The van der Waals surface area contributed by atoms with Gasteiger partial charge in [-0.15, -0.1) is 0 Å². The summed E-state index contributed by atoms with van der Waals surface area (Å²) in [6, 6.07) is 3.20. The van der Waals surface area contributed by atoms with Crippen LogP contribution in [0.4, 0.5) is 0 Å². The molecule has 1 aromatic rings. The number of hydrogen-bond acceptors (Lipinski definition) is 2. The zero-order valence-electron chi connectivity index (χ0n) is 8.38. The van der Waals surface area contributed by atoms with Crippen molar-refractivity contribution in [1.82, 2.24) is 0 Å². The van der Waals surface area contributed by atoms with E-state index in [0.29, 0.717) is 15.8 Å². The third kappa shape index (κ3) is 3.01. The van der Waals surface area contributed by atoms with Crippen molar-refractivity contribution in [3.63, 3.8) is 0 Å². The van der Waals surface area contributed by atoms with Crippen LogP contribution in [0.1, 0.15) is 12.5 Å². The third-order valence-corrected chi connectivity index (χ3v) is 2.75. The number of rotatable bonds is 3. The molecule has 1 aromatic carbocycles. The van der Waals surface area contributed by atoms with Crippen molar-refractivity contribution >= 4 is 29.1 Å². The summed E-state index contributed by atoms with van der Waals surface area (Å²) >= 11 is 11.8. The molecule has 15 heavy (non-hydrogen) atoms. The summed E-state index contributed by atoms with van der Waals surface area (Å²) in [4.78, 5) is 10.8. The first-order valence-electron chi connectivity index (χ1n) is 4.33. The molecule has 0 aliphatic carbocycles. The number of primary amides is 1. The number of carbonyl (C=O) groups excluding carboxylic acids is 1. The largest absolute Gasteiger partial charge is 0.481 e. The Morgan fingerprint density at radius 3 is 2.27 bits per heavy atom. The molecular weight excluding hydrogens is 237 g/mol. The molecule has 1 amide bonds. The Kier molecular flexibility index (Phi) is 3.83. The topological polar surface area (TPSA) is 52.3 Å². The molecule has 0 saturated heterocycles. The van der Waals surface area contributed by atoms with Crippen molar-refractivity contribution in [1.29, 1.82) is 0 Å². The van der Waals surface area contributed by atoms with E-state index in [1.807, 2.05) is 0 Å². The molecular formula is C10H11Cl2NO2. The number of hydrogen-bond donors (Lipinski definition) is 1. The van der Waals surface area contributed by atoms with Crippen LogP contribution in [-0.4, -0.2) is 12.0 Å². The van der Waals surface area contributed by atoms with E-state index >= 15 is 0 Å². The van der Waals surface area contributed by atoms with Crippen LogP contribution >= 0.6 is 23.2 Å². The molecule has 5 heteroatoms. The Balaban J connectivity index is 2.92. The Morgan fingerprint density at radius 2 is 1.87 bits per heavy atom. The first-order chi connectivity index (χ1) is 6.91. The van der Waals surface area contributed by atoms with Gasteiger partial charge in [0.25, 0.3) is 5.91 Å². The molecule has 1 rings (SSSR count). The number of halogens is 2. The highest BCUT2D eigenvalue weighted by molar-refractivity contribution is 6.36. The van der Waals surface area contributed by atoms with Crippen LogP contribution in [0.15, 0.2) is 12.1 Å². The lowest BCUT2D eigenvalue weighted by molar-refractivity contribution is -0.123. The molecule has 0 aromatic heterocycles. The number of nitrogens with two attached hydrogens (primary N) is 1.